The number of hydrogen-bond donors (Lipinski definition) is 2. The van der Waals surface area contributed by atoms with Gasteiger partial charge in [0.15, 0.2) is 0 Å². The highest BCUT2D eigenvalue weighted by Gasteiger charge is 2.18. The number of nitrogens with zero attached hydrogens (tertiary/aromatic N) is 1. The number of primary amides is 1. The molecular formula is C22H22N2O4. The van der Waals surface area contributed by atoms with E-state index in [2.05, 4.69) is 0 Å². The predicted octanol–water partition coefficient (Wildman–Crippen LogP) is 3.72. The van der Waals surface area contributed by atoms with Crippen molar-refractivity contribution in [3.05, 3.63) is 65.2 Å². The Morgan fingerprint density at radius 1 is 1.07 bits per heavy atom. The van der Waals surface area contributed by atoms with Crippen molar-refractivity contribution < 1.29 is 19.4 Å². The van der Waals surface area contributed by atoms with E-state index >= 15 is 0 Å². The summed E-state index contributed by atoms with van der Waals surface area (Å²) in [6.45, 7) is 3.84. The van der Waals surface area contributed by atoms with Crippen LogP contribution in [0.25, 0.3) is 10.8 Å². The summed E-state index contributed by atoms with van der Waals surface area (Å²) in [4.78, 5) is 25.0. The molecule has 3 N–H and O–H groups in total. The Balaban J connectivity index is 2.12. The minimum absolute atomic E-state index is 0.0109. The maximum Gasteiger partial charge on any atom is 0.252 e. The maximum absolute atomic E-state index is 11.8. The van der Waals surface area contributed by atoms with E-state index in [-0.39, 0.29) is 17.2 Å². The first kappa shape index (κ1) is 19.2. The van der Waals surface area contributed by atoms with Crippen molar-refractivity contribution in [1.29, 1.82) is 0 Å². The van der Waals surface area contributed by atoms with E-state index in [1.54, 1.807) is 30.1 Å². The molecule has 3 aromatic carbocycles. The van der Waals surface area contributed by atoms with Gasteiger partial charge in [0, 0.05) is 36.9 Å². The number of ether oxygens (including phenoxy) is 1. The van der Waals surface area contributed by atoms with Gasteiger partial charge in [0.1, 0.15) is 17.2 Å². The van der Waals surface area contributed by atoms with Gasteiger partial charge in [-0.3, -0.25) is 9.59 Å². The third-order valence-electron chi connectivity index (χ3n) is 4.62. The van der Waals surface area contributed by atoms with Crippen LogP contribution < -0.4 is 10.5 Å². The molecule has 144 valence electrons. The Kier molecular flexibility index (Phi) is 5.22. The zero-order valence-corrected chi connectivity index (χ0v) is 16.0. The summed E-state index contributed by atoms with van der Waals surface area (Å²) >= 11 is 0. The van der Waals surface area contributed by atoms with Crippen LogP contribution in [0.1, 0.15) is 28.4 Å². The molecule has 0 aliphatic carbocycles. The molecule has 0 heterocycles. The number of phenols is 1. The molecule has 2 amide bonds. The first-order chi connectivity index (χ1) is 13.3. The lowest BCUT2D eigenvalue weighted by Gasteiger charge is -2.19. The van der Waals surface area contributed by atoms with Crippen molar-refractivity contribution in [3.8, 4) is 17.2 Å². The van der Waals surface area contributed by atoms with Gasteiger partial charge in [-0.15, -0.1) is 0 Å². The number of nitrogens with two attached hydrogens (primary N) is 1. The number of rotatable bonds is 5. The molecule has 28 heavy (non-hydrogen) atoms. The molecule has 0 unspecified atom stereocenters. The number of carbonyl (C=O) groups excluding carboxylic acids is 2. The quantitative estimate of drug-likeness (QED) is 0.708. The smallest absolute Gasteiger partial charge is 0.252 e. The van der Waals surface area contributed by atoms with Gasteiger partial charge < -0.3 is 20.5 Å². The Labute approximate surface area is 163 Å². The molecular weight excluding hydrogens is 356 g/mol. The molecule has 0 saturated heterocycles. The Morgan fingerprint density at radius 3 is 2.39 bits per heavy atom. The van der Waals surface area contributed by atoms with Crippen LogP contribution in [0.4, 0.5) is 0 Å². The summed E-state index contributed by atoms with van der Waals surface area (Å²) in [5, 5.41) is 11.5. The topological polar surface area (TPSA) is 92.9 Å². The van der Waals surface area contributed by atoms with E-state index < -0.39 is 5.91 Å². The van der Waals surface area contributed by atoms with Crippen LogP contribution in [0.5, 0.6) is 17.2 Å². The summed E-state index contributed by atoms with van der Waals surface area (Å²) < 4.78 is 6.15. The van der Waals surface area contributed by atoms with Gasteiger partial charge in [0.05, 0.1) is 5.56 Å². The van der Waals surface area contributed by atoms with E-state index in [0.29, 0.717) is 28.8 Å². The largest absolute Gasteiger partial charge is 0.506 e. The lowest BCUT2D eigenvalue weighted by atomic mass is 10.0. The summed E-state index contributed by atoms with van der Waals surface area (Å²) in [5.74, 6) is -0.00858. The maximum atomic E-state index is 11.8. The van der Waals surface area contributed by atoms with E-state index in [4.69, 9.17) is 10.5 Å². The first-order valence-electron chi connectivity index (χ1n) is 8.81. The van der Waals surface area contributed by atoms with Gasteiger partial charge >= 0.3 is 0 Å². The fourth-order valence-electron chi connectivity index (χ4n) is 3.02. The van der Waals surface area contributed by atoms with Crippen molar-refractivity contribution in [2.24, 2.45) is 5.73 Å². The van der Waals surface area contributed by atoms with Gasteiger partial charge in [-0.25, -0.2) is 0 Å². The lowest BCUT2D eigenvalue weighted by Crippen LogP contribution is -2.23. The van der Waals surface area contributed by atoms with Gasteiger partial charge in [0.25, 0.3) is 5.91 Å². The van der Waals surface area contributed by atoms with Gasteiger partial charge in [-0.1, -0.05) is 42.0 Å². The Morgan fingerprint density at radius 2 is 1.75 bits per heavy atom. The Bertz CT molecular complexity index is 1080. The zero-order chi connectivity index (χ0) is 20.4. The van der Waals surface area contributed by atoms with E-state index in [1.807, 2.05) is 31.2 Å². The van der Waals surface area contributed by atoms with Crippen molar-refractivity contribution in [3.63, 3.8) is 0 Å². The highest BCUT2D eigenvalue weighted by molar-refractivity contribution is 6.05. The van der Waals surface area contributed by atoms with Gasteiger partial charge in [-0.2, -0.15) is 0 Å². The number of aryl methyl sites for hydroxylation is 1. The molecule has 0 atom stereocenters. The summed E-state index contributed by atoms with van der Waals surface area (Å²) in [6, 6.07) is 14.2. The predicted molar refractivity (Wildman–Crippen MR) is 108 cm³/mol. The number of amides is 2. The second kappa shape index (κ2) is 7.60. The molecule has 0 fully saturated rings. The Hall–Kier alpha value is -3.54. The molecule has 0 aliphatic rings. The average Bonchev–Trinajstić information content (AvgIpc) is 2.65. The summed E-state index contributed by atoms with van der Waals surface area (Å²) in [7, 11) is 1.72. The first-order valence-corrected chi connectivity index (χ1v) is 8.81. The lowest BCUT2D eigenvalue weighted by molar-refractivity contribution is -0.128. The SMILES string of the molecule is CC(=O)N(C)Cc1cc(C)ccc1Oc1cc(C(N)=O)c(O)c2ccccc12. The van der Waals surface area contributed by atoms with Crippen molar-refractivity contribution in [2.75, 3.05) is 7.05 Å². The molecule has 0 radical (unpaired) electrons. The van der Waals surface area contributed by atoms with Crippen LogP contribution in [0.15, 0.2) is 48.5 Å². The molecule has 3 aromatic rings. The van der Waals surface area contributed by atoms with Crippen molar-refractivity contribution >= 4 is 22.6 Å². The number of aromatic hydroxyl groups is 1. The van der Waals surface area contributed by atoms with Crippen LogP contribution in [-0.4, -0.2) is 28.9 Å². The molecule has 6 nitrogen and oxygen atoms in total. The summed E-state index contributed by atoms with van der Waals surface area (Å²) in [6.07, 6.45) is 0. The average molecular weight is 378 g/mol. The van der Waals surface area contributed by atoms with E-state index in [0.717, 1.165) is 11.1 Å². The van der Waals surface area contributed by atoms with Crippen LogP contribution in [0.2, 0.25) is 0 Å². The fraction of sp³-hybridized carbons (Fsp3) is 0.182. The minimum Gasteiger partial charge on any atom is -0.506 e. The number of carbonyl (C=O) groups is 2. The van der Waals surface area contributed by atoms with Gasteiger partial charge in [-0.05, 0) is 19.1 Å². The fourth-order valence-corrected chi connectivity index (χ4v) is 3.02. The van der Waals surface area contributed by atoms with Crippen LogP contribution in [0.3, 0.4) is 0 Å². The molecule has 3 rings (SSSR count). The molecule has 0 bridgehead atoms. The second-order valence-electron chi connectivity index (χ2n) is 6.77. The third kappa shape index (κ3) is 3.76. The number of benzene rings is 3. The minimum atomic E-state index is -0.742. The van der Waals surface area contributed by atoms with E-state index in [9.17, 15) is 14.7 Å². The monoisotopic (exact) mass is 378 g/mol. The molecule has 0 saturated carbocycles. The highest BCUT2D eigenvalue weighted by Crippen LogP contribution is 2.38. The van der Waals surface area contributed by atoms with Crippen LogP contribution in [0, 0.1) is 6.92 Å². The highest BCUT2D eigenvalue weighted by atomic mass is 16.5. The molecule has 0 spiro atoms. The van der Waals surface area contributed by atoms with Gasteiger partial charge in [0.2, 0.25) is 5.91 Å². The summed E-state index contributed by atoms with van der Waals surface area (Å²) in [5.41, 5.74) is 7.27. The molecule has 0 aliphatic heterocycles. The normalized spacial score (nSPS) is 10.7. The van der Waals surface area contributed by atoms with Crippen LogP contribution >= 0.6 is 0 Å². The second-order valence-corrected chi connectivity index (χ2v) is 6.77. The standard InChI is InChI=1S/C22H22N2O4/c1-13-8-9-19(15(10-13)12-24(3)14(2)25)28-20-11-18(22(23)27)21(26)17-7-5-4-6-16(17)20/h4-11,26H,12H2,1-3H3,(H2,23,27). The zero-order valence-electron chi connectivity index (χ0n) is 16.0. The molecule has 6 heteroatoms. The van der Waals surface area contributed by atoms with Crippen molar-refractivity contribution in [2.45, 2.75) is 20.4 Å². The third-order valence-corrected chi connectivity index (χ3v) is 4.62. The molecule has 0 aromatic heterocycles. The van der Waals surface area contributed by atoms with Crippen LogP contribution in [-0.2, 0) is 11.3 Å². The number of hydrogen-bond acceptors (Lipinski definition) is 4. The number of fused-ring (bicyclic) bond motifs is 1. The van der Waals surface area contributed by atoms with Crippen molar-refractivity contribution in [1.82, 2.24) is 4.90 Å². The van der Waals surface area contributed by atoms with E-state index in [1.165, 1.54) is 13.0 Å².